The molecule has 1 rings (SSSR count). The van der Waals surface area contributed by atoms with Crippen LogP contribution in [0.25, 0.3) is 0 Å². The van der Waals surface area contributed by atoms with Crippen LogP contribution < -0.4 is 0 Å². The zero-order valence-corrected chi connectivity index (χ0v) is 13.8. The summed E-state index contributed by atoms with van der Waals surface area (Å²) in [5, 5.41) is 9.37. The molecule has 0 bridgehead atoms. The number of thiol groups is 1. The number of rotatable bonds is 10. The first-order chi connectivity index (χ1) is 9.21. The maximum Gasteiger partial charge on any atom is 0.0558 e. The van der Waals surface area contributed by atoms with E-state index in [9.17, 15) is 5.11 Å². The lowest BCUT2D eigenvalue weighted by atomic mass is 9.80. The Balaban J connectivity index is 2.70. The summed E-state index contributed by atoms with van der Waals surface area (Å²) in [5.41, 5.74) is 0.352. The molecule has 0 saturated heterocycles. The van der Waals surface area contributed by atoms with Crippen molar-refractivity contribution in [3.63, 3.8) is 0 Å². The van der Waals surface area contributed by atoms with Crippen LogP contribution in [0.5, 0.6) is 0 Å². The fraction of sp³-hybridized carbons (Fsp3) is 1.00. The fourth-order valence-electron chi connectivity index (χ4n) is 3.77. The van der Waals surface area contributed by atoms with E-state index in [1.54, 1.807) is 0 Å². The van der Waals surface area contributed by atoms with Crippen molar-refractivity contribution in [3.05, 3.63) is 0 Å². The molecule has 1 N–H and O–H groups in total. The van der Waals surface area contributed by atoms with E-state index >= 15 is 0 Å². The van der Waals surface area contributed by atoms with Gasteiger partial charge in [-0.1, -0.05) is 39.5 Å². The van der Waals surface area contributed by atoms with Crippen molar-refractivity contribution in [1.82, 2.24) is 4.90 Å². The van der Waals surface area contributed by atoms with Gasteiger partial charge >= 0.3 is 0 Å². The van der Waals surface area contributed by atoms with E-state index in [4.69, 9.17) is 0 Å². The summed E-state index contributed by atoms with van der Waals surface area (Å²) >= 11 is 4.67. The Hall–Kier alpha value is 0.270. The predicted octanol–water partition coefficient (Wildman–Crippen LogP) is 3.74. The molecule has 0 aromatic carbocycles. The molecule has 1 aliphatic rings. The second-order valence-corrected chi connectivity index (χ2v) is 6.61. The Labute approximate surface area is 125 Å². The maximum absolute atomic E-state index is 9.37. The molecule has 0 aromatic rings. The lowest BCUT2D eigenvalue weighted by Gasteiger charge is -2.40. The van der Waals surface area contributed by atoms with E-state index in [0.29, 0.717) is 11.5 Å². The maximum atomic E-state index is 9.37. The summed E-state index contributed by atoms with van der Waals surface area (Å²) in [7, 11) is 0. The standard InChI is InChI=1S/C16H33NOS/c1-3-9-16(14-19,10-4-2)13-17(11-12-18)15-7-5-6-8-15/h15,18-19H,3-14H2,1-2H3. The highest BCUT2D eigenvalue weighted by molar-refractivity contribution is 7.80. The zero-order valence-electron chi connectivity index (χ0n) is 12.9. The van der Waals surface area contributed by atoms with Crippen LogP contribution in [-0.2, 0) is 0 Å². The van der Waals surface area contributed by atoms with E-state index in [1.807, 2.05) is 0 Å². The van der Waals surface area contributed by atoms with Crippen molar-refractivity contribution < 1.29 is 5.11 Å². The van der Waals surface area contributed by atoms with Crippen LogP contribution in [0.2, 0.25) is 0 Å². The fourth-order valence-corrected chi connectivity index (χ4v) is 4.19. The summed E-state index contributed by atoms with van der Waals surface area (Å²) in [6.45, 7) is 6.81. The number of hydrogen-bond acceptors (Lipinski definition) is 3. The van der Waals surface area contributed by atoms with E-state index in [2.05, 4.69) is 31.4 Å². The average molecular weight is 288 g/mol. The van der Waals surface area contributed by atoms with Gasteiger partial charge in [0.15, 0.2) is 0 Å². The van der Waals surface area contributed by atoms with Gasteiger partial charge in [-0.25, -0.2) is 0 Å². The first-order valence-corrected chi connectivity index (χ1v) is 8.80. The monoisotopic (exact) mass is 287 g/mol. The van der Waals surface area contributed by atoms with E-state index in [0.717, 1.165) is 18.8 Å². The minimum absolute atomic E-state index is 0.289. The Morgan fingerprint density at radius 1 is 1.16 bits per heavy atom. The minimum Gasteiger partial charge on any atom is -0.395 e. The molecule has 1 aliphatic carbocycles. The molecule has 3 heteroatoms. The molecule has 19 heavy (non-hydrogen) atoms. The van der Waals surface area contributed by atoms with Crippen molar-refractivity contribution in [2.75, 3.05) is 25.4 Å². The van der Waals surface area contributed by atoms with Crippen LogP contribution in [0.1, 0.15) is 65.2 Å². The van der Waals surface area contributed by atoms with Gasteiger partial charge in [-0.15, -0.1) is 0 Å². The minimum atomic E-state index is 0.289. The third-order valence-electron chi connectivity index (χ3n) is 4.66. The van der Waals surface area contributed by atoms with Gasteiger partial charge in [0.2, 0.25) is 0 Å². The van der Waals surface area contributed by atoms with Gasteiger partial charge in [0.05, 0.1) is 6.61 Å². The normalized spacial score (nSPS) is 17.5. The van der Waals surface area contributed by atoms with Crippen molar-refractivity contribution >= 4 is 12.6 Å². The smallest absolute Gasteiger partial charge is 0.0558 e. The third-order valence-corrected chi connectivity index (χ3v) is 5.33. The van der Waals surface area contributed by atoms with Crippen molar-refractivity contribution in [2.24, 2.45) is 5.41 Å². The summed E-state index contributed by atoms with van der Waals surface area (Å²) in [4.78, 5) is 2.56. The Morgan fingerprint density at radius 2 is 1.74 bits per heavy atom. The molecule has 0 unspecified atom stereocenters. The second-order valence-electron chi connectivity index (χ2n) is 6.29. The van der Waals surface area contributed by atoms with Crippen LogP contribution in [0.15, 0.2) is 0 Å². The van der Waals surface area contributed by atoms with Gasteiger partial charge in [-0.05, 0) is 36.9 Å². The van der Waals surface area contributed by atoms with Crippen molar-refractivity contribution in [2.45, 2.75) is 71.3 Å². The highest BCUT2D eigenvalue weighted by atomic mass is 32.1. The van der Waals surface area contributed by atoms with Gasteiger partial charge in [-0.3, -0.25) is 4.90 Å². The van der Waals surface area contributed by atoms with Crippen molar-refractivity contribution in [3.8, 4) is 0 Å². The first-order valence-electron chi connectivity index (χ1n) is 8.17. The van der Waals surface area contributed by atoms with Crippen LogP contribution >= 0.6 is 12.6 Å². The average Bonchev–Trinajstić information content (AvgIpc) is 2.92. The van der Waals surface area contributed by atoms with Crippen LogP contribution in [0.3, 0.4) is 0 Å². The van der Waals surface area contributed by atoms with Gasteiger partial charge in [0, 0.05) is 19.1 Å². The van der Waals surface area contributed by atoms with E-state index in [-0.39, 0.29) is 6.61 Å². The van der Waals surface area contributed by atoms with E-state index < -0.39 is 0 Å². The highest BCUT2D eigenvalue weighted by Crippen LogP contribution is 2.35. The van der Waals surface area contributed by atoms with Gasteiger partial charge in [0.1, 0.15) is 0 Å². The molecular weight excluding hydrogens is 254 g/mol. The van der Waals surface area contributed by atoms with Crippen LogP contribution in [-0.4, -0.2) is 41.5 Å². The molecule has 1 fully saturated rings. The summed E-state index contributed by atoms with van der Waals surface area (Å²) in [6, 6.07) is 0.708. The van der Waals surface area contributed by atoms with E-state index in [1.165, 1.54) is 51.4 Å². The third kappa shape index (κ3) is 5.28. The van der Waals surface area contributed by atoms with Crippen LogP contribution in [0.4, 0.5) is 0 Å². The largest absolute Gasteiger partial charge is 0.395 e. The molecule has 0 radical (unpaired) electrons. The lowest BCUT2D eigenvalue weighted by Crippen LogP contribution is -2.45. The SMILES string of the molecule is CCCC(CS)(CCC)CN(CCO)C1CCCC1. The molecule has 0 spiro atoms. The summed E-state index contributed by atoms with van der Waals surface area (Å²) in [5.74, 6) is 0.976. The Kier molecular flexibility index (Phi) is 8.43. The molecule has 0 atom stereocenters. The quantitative estimate of drug-likeness (QED) is 0.598. The molecule has 0 aliphatic heterocycles. The zero-order chi connectivity index (χ0) is 14.1. The molecule has 0 heterocycles. The summed E-state index contributed by atoms with van der Waals surface area (Å²) < 4.78 is 0. The molecule has 0 amide bonds. The highest BCUT2D eigenvalue weighted by Gasteiger charge is 2.32. The van der Waals surface area contributed by atoms with Gasteiger partial charge in [0.25, 0.3) is 0 Å². The molecule has 0 aromatic heterocycles. The molecule has 1 saturated carbocycles. The first kappa shape index (κ1) is 17.3. The summed E-state index contributed by atoms with van der Waals surface area (Å²) in [6.07, 6.45) is 10.4. The number of hydrogen-bond donors (Lipinski definition) is 2. The Morgan fingerprint density at radius 3 is 2.16 bits per heavy atom. The number of aliphatic hydroxyl groups excluding tert-OH is 1. The topological polar surface area (TPSA) is 23.5 Å². The molecule has 114 valence electrons. The lowest BCUT2D eigenvalue weighted by molar-refractivity contribution is 0.0881. The molecule has 2 nitrogen and oxygen atoms in total. The predicted molar refractivity (Wildman–Crippen MR) is 87.0 cm³/mol. The second kappa shape index (κ2) is 9.25. The number of aliphatic hydroxyl groups is 1. The van der Waals surface area contributed by atoms with Crippen molar-refractivity contribution in [1.29, 1.82) is 0 Å². The van der Waals surface area contributed by atoms with Gasteiger partial charge < -0.3 is 5.11 Å². The van der Waals surface area contributed by atoms with Gasteiger partial charge in [-0.2, -0.15) is 12.6 Å². The van der Waals surface area contributed by atoms with Crippen LogP contribution in [0, 0.1) is 5.41 Å². The number of nitrogens with zero attached hydrogens (tertiary/aromatic N) is 1. The molecular formula is C16H33NOS. The Bertz CT molecular complexity index is 223.